The normalized spacial score (nSPS) is 20.5. The molecule has 1 saturated heterocycles. The maximum Gasteiger partial charge on any atom is 0.410 e. The molecule has 0 bridgehead atoms. The average Bonchev–Trinajstić information content (AvgIpc) is 3.06. The molecule has 1 atom stereocenters. The molecule has 0 saturated carbocycles. The van der Waals surface area contributed by atoms with Crippen LogP contribution in [0.4, 0.5) is 4.79 Å². The van der Waals surface area contributed by atoms with E-state index >= 15 is 0 Å². The van der Waals surface area contributed by atoms with E-state index < -0.39 is 17.3 Å². The number of carbonyl (C=O) groups excluding carboxylic acids is 2. The molecule has 2 amide bonds. The van der Waals surface area contributed by atoms with Crippen molar-refractivity contribution in [2.24, 2.45) is 0 Å². The van der Waals surface area contributed by atoms with E-state index in [0.29, 0.717) is 24.9 Å². The minimum absolute atomic E-state index is 0.0617. The quantitative estimate of drug-likeness (QED) is 0.762. The molecule has 27 heavy (non-hydrogen) atoms. The van der Waals surface area contributed by atoms with Crippen molar-refractivity contribution < 1.29 is 19.4 Å². The number of H-pyrrole nitrogens is 1. The Balaban J connectivity index is 1.60. The van der Waals surface area contributed by atoms with Crippen LogP contribution in [0, 0.1) is 0 Å². The molecule has 1 unspecified atom stereocenters. The summed E-state index contributed by atoms with van der Waals surface area (Å²) in [6.45, 7) is 6.13. The van der Waals surface area contributed by atoms with Crippen molar-refractivity contribution in [1.29, 1.82) is 0 Å². The lowest BCUT2D eigenvalue weighted by molar-refractivity contribution is -0.0408. The van der Waals surface area contributed by atoms with E-state index in [1.807, 2.05) is 0 Å². The summed E-state index contributed by atoms with van der Waals surface area (Å²) in [6.07, 6.45) is 2.27. The van der Waals surface area contributed by atoms with E-state index in [2.05, 4.69) is 15.3 Å². The Morgan fingerprint density at radius 1 is 1.41 bits per heavy atom. The van der Waals surface area contributed by atoms with E-state index in [9.17, 15) is 14.7 Å². The maximum absolute atomic E-state index is 12.4. The van der Waals surface area contributed by atoms with Gasteiger partial charge in [-0.3, -0.25) is 4.79 Å². The molecule has 0 radical (unpaired) electrons. The van der Waals surface area contributed by atoms with Gasteiger partial charge in [0, 0.05) is 18.7 Å². The van der Waals surface area contributed by atoms with Crippen LogP contribution in [0.5, 0.6) is 0 Å². The van der Waals surface area contributed by atoms with Crippen LogP contribution in [0.2, 0.25) is 0 Å². The second kappa shape index (κ2) is 7.19. The first-order valence-electron chi connectivity index (χ1n) is 9.07. The number of hydrogen-bond donors (Lipinski definition) is 3. The summed E-state index contributed by atoms with van der Waals surface area (Å²) < 4.78 is 5.38. The number of imidazole rings is 1. The van der Waals surface area contributed by atoms with Crippen LogP contribution in [-0.2, 0) is 4.74 Å². The zero-order valence-electron chi connectivity index (χ0n) is 15.9. The van der Waals surface area contributed by atoms with Crippen LogP contribution < -0.4 is 5.32 Å². The zero-order valence-corrected chi connectivity index (χ0v) is 15.9. The van der Waals surface area contributed by atoms with Crippen LogP contribution >= 0.6 is 0 Å². The number of aromatic nitrogens is 2. The minimum Gasteiger partial charge on any atom is -0.444 e. The number of likely N-dealkylation sites (tertiary alicyclic amines) is 1. The molecule has 1 fully saturated rings. The number of ether oxygens (including phenoxy) is 1. The summed E-state index contributed by atoms with van der Waals surface area (Å²) in [7, 11) is 0. The molecule has 1 aromatic carbocycles. The van der Waals surface area contributed by atoms with Gasteiger partial charge in [-0.15, -0.1) is 0 Å². The number of aliphatic hydroxyl groups is 1. The number of fused-ring (bicyclic) bond motifs is 1. The van der Waals surface area contributed by atoms with Crippen molar-refractivity contribution in [2.45, 2.75) is 44.8 Å². The van der Waals surface area contributed by atoms with Gasteiger partial charge in [0.05, 0.1) is 29.5 Å². The van der Waals surface area contributed by atoms with Gasteiger partial charge in [0.25, 0.3) is 5.91 Å². The molecule has 3 rings (SSSR count). The molecule has 8 heteroatoms. The van der Waals surface area contributed by atoms with Crippen LogP contribution in [0.3, 0.4) is 0 Å². The highest BCUT2D eigenvalue weighted by Gasteiger charge is 2.37. The number of aromatic amines is 1. The second-order valence-corrected chi connectivity index (χ2v) is 8.05. The van der Waals surface area contributed by atoms with Gasteiger partial charge in [-0.2, -0.15) is 0 Å². The summed E-state index contributed by atoms with van der Waals surface area (Å²) >= 11 is 0. The molecule has 1 aliphatic rings. The third kappa shape index (κ3) is 4.77. The molecular weight excluding hydrogens is 348 g/mol. The highest BCUT2D eigenvalue weighted by Crippen LogP contribution is 2.23. The lowest BCUT2D eigenvalue weighted by atomic mass is 9.93. The first-order valence-corrected chi connectivity index (χ1v) is 9.07. The first kappa shape index (κ1) is 19.2. The number of nitrogens with one attached hydrogen (secondary N) is 2. The molecule has 0 spiro atoms. The molecule has 1 aromatic heterocycles. The molecule has 1 aliphatic heterocycles. The van der Waals surface area contributed by atoms with Crippen molar-refractivity contribution in [3.8, 4) is 0 Å². The summed E-state index contributed by atoms with van der Waals surface area (Å²) in [5, 5.41) is 13.6. The molecule has 146 valence electrons. The highest BCUT2D eigenvalue weighted by molar-refractivity contribution is 5.97. The number of nitrogens with zero attached hydrogens (tertiary/aromatic N) is 2. The third-order valence-electron chi connectivity index (χ3n) is 4.47. The Morgan fingerprint density at radius 2 is 2.19 bits per heavy atom. The fourth-order valence-corrected chi connectivity index (χ4v) is 3.16. The predicted molar refractivity (Wildman–Crippen MR) is 100 cm³/mol. The molecule has 2 heterocycles. The van der Waals surface area contributed by atoms with Crippen LogP contribution in [0.1, 0.15) is 44.0 Å². The number of piperidine rings is 1. The van der Waals surface area contributed by atoms with E-state index in [0.717, 1.165) is 11.0 Å². The lowest BCUT2D eigenvalue weighted by Crippen LogP contribution is -2.56. The Hall–Kier alpha value is -2.61. The van der Waals surface area contributed by atoms with Crippen molar-refractivity contribution >= 4 is 23.0 Å². The summed E-state index contributed by atoms with van der Waals surface area (Å²) in [6, 6.07) is 5.17. The van der Waals surface area contributed by atoms with Gasteiger partial charge < -0.3 is 25.0 Å². The summed E-state index contributed by atoms with van der Waals surface area (Å²) in [5.41, 5.74) is 0.269. The van der Waals surface area contributed by atoms with Gasteiger partial charge in [-0.25, -0.2) is 9.78 Å². The Morgan fingerprint density at radius 3 is 2.93 bits per heavy atom. The summed E-state index contributed by atoms with van der Waals surface area (Å²) in [4.78, 5) is 33.3. The van der Waals surface area contributed by atoms with E-state index in [-0.39, 0.29) is 19.0 Å². The van der Waals surface area contributed by atoms with Crippen molar-refractivity contribution in [1.82, 2.24) is 20.2 Å². The van der Waals surface area contributed by atoms with E-state index in [4.69, 9.17) is 4.74 Å². The molecule has 2 aromatic rings. The topological polar surface area (TPSA) is 108 Å². The highest BCUT2D eigenvalue weighted by atomic mass is 16.6. The zero-order chi connectivity index (χ0) is 19.7. The van der Waals surface area contributed by atoms with Crippen LogP contribution in [0.25, 0.3) is 11.0 Å². The molecule has 0 aliphatic carbocycles. The van der Waals surface area contributed by atoms with Gasteiger partial charge in [-0.1, -0.05) is 0 Å². The van der Waals surface area contributed by atoms with Crippen LogP contribution in [-0.4, -0.2) is 62.8 Å². The largest absolute Gasteiger partial charge is 0.444 e. The smallest absolute Gasteiger partial charge is 0.410 e. The number of rotatable bonds is 3. The molecular formula is C19H26N4O4. The monoisotopic (exact) mass is 374 g/mol. The minimum atomic E-state index is -1.18. The Bertz CT molecular complexity index is 842. The fraction of sp³-hybridized carbons (Fsp3) is 0.526. The summed E-state index contributed by atoms with van der Waals surface area (Å²) in [5.74, 6) is -0.283. The average molecular weight is 374 g/mol. The Labute approximate surface area is 157 Å². The standard InChI is InChI=1S/C19H26N4O4/c1-18(2,3)27-17(25)23-8-4-7-19(26,11-23)10-20-16(24)13-5-6-14-15(9-13)22-12-21-14/h5-6,9,12,26H,4,7-8,10-11H2,1-3H3,(H,20,24)(H,21,22). The first-order chi connectivity index (χ1) is 12.7. The van der Waals surface area contributed by atoms with E-state index in [1.54, 1.807) is 45.3 Å². The predicted octanol–water partition coefficient (Wildman–Crippen LogP) is 2.05. The van der Waals surface area contributed by atoms with Crippen molar-refractivity contribution in [3.05, 3.63) is 30.1 Å². The van der Waals surface area contributed by atoms with Crippen molar-refractivity contribution in [2.75, 3.05) is 19.6 Å². The third-order valence-corrected chi connectivity index (χ3v) is 4.47. The lowest BCUT2D eigenvalue weighted by Gasteiger charge is -2.39. The van der Waals surface area contributed by atoms with Gasteiger partial charge >= 0.3 is 6.09 Å². The van der Waals surface area contributed by atoms with Gasteiger partial charge in [0.1, 0.15) is 5.60 Å². The van der Waals surface area contributed by atoms with Crippen molar-refractivity contribution in [3.63, 3.8) is 0 Å². The number of hydrogen-bond acceptors (Lipinski definition) is 5. The number of benzene rings is 1. The second-order valence-electron chi connectivity index (χ2n) is 8.05. The fourth-order valence-electron chi connectivity index (χ4n) is 3.16. The Kier molecular flexibility index (Phi) is 5.10. The van der Waals surface area contributed by atoms with Gasteiger partial charge in [0.2, 0.25) is 0 Å². The number of amides is 2. The SMILES string of the molecule is CC(C)(C)OC(=O)N1CCCC(O)(CNC(=O)c2ccc3nc[nH]c3c2)C1. The van der Waals surface area contributed by atoms with Gasteiger partial charge in [0.15, 0.2) is 0 Å². The van der Waals surface area contributed by atoms with Gasteiger partial charge in [-0.05, 0) is 51.8 Å². The van der Waals surface area contributed by atoms with Crippen LogP contribution in [0.15, 0.2) is 24.5 Å². The maximum atomic E-state index is 12.4. The van der Waals surface area contributed by atoms with E-state index in [1.165, 1.54) is 4.90 Å². The molecule has 3 N–H and O–H groups in total. The number of β-amino-alcohol motifs (C(OH)–C–C–N with tert-alkyl or cyclic N) is 1. The molecule has 8 nitrogen and oxygen atoms in total. The number of carbonyl (C=O) groups is 2.